The molecule has 0 spiro atoms. The second-order valence-corrected chi connectivity index (χ2v) is 11.8. The topological polar surface area (TPSA) is 86.1 Å². The normalized spacial score (nSPS) is 15.0. The molecule has 1 atom stereocenters. The summed E-state index contributed by atoms with van der Waals surface area (Å²) in [5.41, 5.74) is 3.79. The summed E-state index contributed by atoms with van der Waals surface area (Å²) in [4.78, 5) is 27.6. The minimum atomic E-state index is -0.416. The summed E-state index contributed by atoms with van der Waals surface area (Å²) in [5.74, 6) is 1.06. The molecule has 3 heterocycles. The number of esters is 1. The number of thiophene rings is 2. The highest BCUT2D eigenvalue weighted by molar-refractivity contribution is 7.99. The Morgan fingerprint density at radius 1 is 1.37 bits per heavy atom. The average molecular weight is 531 g/mol. The number of rotatable bonds is 9. The fraction of sp³-hybridized carbons (Fsp3) is 0.440. The van der Waals surface area contributed by atoms with E-state index in [2.05, 4.69) is 34.4 Å². The number of amides is 1. The molecule has 3 aromatic heterocycles. The van der Waals surface area contributed by atoms with Crippen LogP contribution in [0.3, 0.4) is 0 Å². The Morgan fingerprint density at radius 2 is 2.17 bits per heavy atom. The largest absolute Gasteiger partial charge is 0.462 e. The zero-order valence-electron chi connectivity index (χ0n) is 20.5. The van der Waals surface area contributed by atoms with E-state index in [1.54, 1.807) is 18.3 Å². The highest BCUT2D eigenvalue weighted by Crippen LogP contribution is 2.38. The number of thioether (sulfide) groups is 1. The van der Waals surface area contributed by atoms with Gasteiger partial charge in [-0.25, -0.2) is 4.79 Å². The molecule has 3 aromatic rings. The molecule has 35 heavy (non-hydrogen) atoms. The molecule has 1 N–H and O–H groups in total. The number of hydrogen-bond donors (Lipinski definition) is 1. The number of carbonyl (C=O) groups excluding carboxylic acids is 2. The highest BCUT2D eigenvalue weighted by atomic mass is 32.2. The van der Waals surface area contributed by atoms with E-state index in [4.69, 9.17) is 4.74 Å². The van der Waals surface area contributed by atoms with E-state index in [1.807, 2.05) is 24.5 Å². The second kappa shape index (κ2) is 11.1. The summed E-state index contributed by atoms with van der Waals surface area (Å²) < 4.78 is 7.20. The van der Waals surface area contributed by atoms with E-state index in [9.17, 15) is 9.59 Å². The zero-order valence-corrected chi connectivity index (χ0v) is 22.9. The van der Waals surface area contributed by atoms with E-state index >= 15 is 0 Å². The molecule has 186 valence electrons. The van der Waals surface area contributed by atoms with Crippen molar-refractivity contribution < 1.29 is 14.3 Å². The van der Waals surface area contributed by atoms with Crippen LogP contribution in [0.1, 0.15) is 51.5 Å². The Hall–Kier alpha value is -2.43. The predicted octanol–water partition coefficient (Wildman–Crippen LogP) is 5.90. The molecule has 7 nitrogen and oxygen atoms in total. The maximum absolute atomic E-state index is 12.8. The molecule has 10 heteroatoms. The van der Waals surface area contributed by atoms with Crippen LogP contribution in [-0.2, 0) is 28.9 Å². The number of hydrogen-bond acceptors (Lipinski definition) is 8. The van der Waals surface area contributed by atoms with Gasteiger partial charge in [0, 0.05) is 27.2 Å². The van der Waals surface area contributed by atoms with E-state index in [-0.39, 0.29) is 18.3 Å². The molecule has 0 saturated heterocycles. The Bertz CT molecular complexity index is 1260. The van der Waals surface area contributed by atoms with Gasteiger partial charge in [-0.2, -0.15) is 0 Å². The van der Waals surface area contributed by atoms with Crippen LogP contribution in [-0.4, -0.2) is 39.0 Å². The van der Waals surface area contributed by atoms with Gasteiger partial charge in [-0.15, -0.1) is 39.4 Å². The fourth-order valence-electron chi connectivity index (χ4n) is 4.21. The third-order valence-electron chi connectivity index (χ3n) is 6.12. The summed E-state index contributed by atoms with van der Waals surface area (Å²) >= 11 is 4.51. The lowest BCUT2D eigenvalue weighted by Gasteiger charge is -2.19. The van der Waals surface area contributed by atoms with Gasteiger partial charge in [0.2, 0.25) is 5.91 Å². The monoisotopic (exact) mass is 530 g/mol. The third-order valence-corrected chi connectivity index (χ3v) is 9.26. The Kier molecular flexibility index (Phi) is 8.13. The molecule has 0 fully saturated rings. The van der Waals surface area contributed by atoms with Gasteiger partial charge in [-0.1, -0.05) is 24.8 Å². The Morgan fingerprint density at radius 3 is 2.91 bits per heavy atom. The van der Waals surface area contributed by atoms with Gasteiger partial charge in [0.25, 0.3) is 0 Å². The summed E-state index contributed by atoms with van der Waals surface area (Å²) in [6, 6.07) is 0. The molecule has 0 bridgehead atoms. The first-order valence-electron chi connectivity index (χ1n) is 11.7. The van der Waals surface area contributed by atoms with E-state index in [0.29, 0.717) is 28.2 Å². The number of aromatic nitrogens is 3. The summed E-state index contributed by atoms with van der Waals surface area (Å²) in [7, 11) is 0. The van der Waals surface area contributed by atoms with Crippen LogP contribution in [0.25, 0.3) is 11.4 Å². The van der Waals surface area contributed by atoms with Crippen LogP contribution in [0.4, 0.5) is 5.00 Å². The van der Waals surface area contributed by atoms with E-state index < -0.39 is 5.97 Å². The molecule has 0 aromatic carbocycles. The van der Waals surface area contributed by atoms with Crippen LogP contribution in [0.5, 0.6) is 0 Å². The molecule has 1 unspecified atom stereocenters. The Balaban J connectivity index is 1.50. The number of aryl methyl sites for hydroxylation is 1. The minimum absolute atomic E-state index is 0.146. The molecule has 0 aliphatic heterocycles. The number of carbonyl (C=O) groups is 2. The first-order valence-corrected chi connectivity index (χ1v) is 14.4. The van der Waals surface area contributed by atoms with Crippen molar-refractivity contribution in [3.05, 3.63) is 44.5 Å². The lowest BCUT2D eigenvalue weighted by atomic mass is 9.88. The lowest BCUT2D eigenvalue weighted by Crippen LogP contribution is -2.17. The molecule has 0 radical (unpaired) electrons. The standard InChI is InChI=1S/C25H30N4O3S3/c1-6-10-29-22(18-12-33-19-11-14(3)8-9-17(18)19)27-28-25(29)34-13-20(30)26-23-21(24(31)32-7-2)15(4)16(5)35-23/h6,12,14H,1,7-11,13H2,2-5H3,(H,26,30). The van der Waals surface area contributed by atoms with Crippen molar-refractivity contribution in [1.29, 1.82) is 0 Å². The lowest BCUT2D eigenvalue weighted by molar-refractivity contribution is -0.113. The van der Waals surface area contributed by atoms with Gasteiger partial charge in [-0.3, -0.25) is 9.36 Å². The van der Waals surface area contributed by atoms with E-state index in [0.717, 1.165) is 34.7 Å². The summed E-state index contributed by atoms with van der Waals surface area (Å²) in [6.07, 6.45) is 5.18. The average Bonchev–Trinajstić information content (AvgIpc) is 3.48. The number of nitrogens with zero attached hydrogens (tertiary/aromatic N) is 3. The van der Waals surface area contributed by atoms with Crippen molar-refractivity contribution in [3.8, 4) is 11.4 Å². The van der Waals surface area contributed by atoms with Crippen LogP contribution >= 0.6 is 34.4 Å². The van der Waals surface area contributed by atoms with Crippen molar-refractivity contribution in [2.45, 2.75) is 58.7 Å². The molecule has 1 aliphatic carbocycles. The van der Waals surface area contributed by atoms with Crippen molar-refractivity contribution in [1.82, 2.24) is 14.8 Å². The first-order chi connectivity index (χ1) is 16.8. The number of fused-ring (bicyclic) bond motifs is 1. The number of ether oxygens (including phenoxy) is 1. The quantitative estimate of drug-likeness (QED) is 0.210. The molecule has 1 amide bonds. The number of allylic oxidation sites excluding steroid dienone is 1. The molecular formula is C25H30N4O3S3. The van der Waals surface area contributed by atoms with Crippen molar-refractivity contribution in [2.24, 2.45) is 5.92 Å². The smallest absolute Gasteiger partial charge is 0.341 e. The molecule has 4 rings (SSSR count). The maximum Gasteiger partial charge on any atom is 0.341 e. The van der Waals surface area contributed by atoms with Crippen LogP contribution in [0.2, 0.25) is 0 Å². The van der Waals surface area contributed by atoms with Gasteiger partial charge >= 0.3 is 5.97 Å². The zero-order chi connectivity index (χ0) is 25.1. The van der Waals surface area contributed by atoms with Gasteiger partial charge in [0.1, 0.15) is 5.00 Å². The van der Waals surface area contributed by atoms with Crippen molar-refractivity contribution in [2.75, 3.05) is 17.7 Å². The van der Waals surface area contributed by atoms with Gasteiger partial charge in [0.05, 0.1) is 17.9 Å². The van der Waals surface area contributed by atoms with E-state index in [1.165, 1.54) is 40.0 Å². The second-order valence-electron chi connectivity index (χ2n) is 8.65. The fourth-order valence-corrected chi connectivity index (χ4v) is 7.27. The van der Waals surface area contributed by atoms with Gasteiger partial charge in [0.15, 0.2) is 11.0 Å². The third kappa shape index (κ3) is 5.39. The van der Waals surface area contributed by atoms with Crippen molar-refractivity contribution in [3.63, 3.8) is 0 Å². The predicted molar refractivity (Wildman–Crippen MR) is 144 cm³/mol. The van der Waals surface area contributed by atoms with Crippen LogP contribution in [0.15, 0.2) is 23.2 Å². The highest BCUT2D eigenvalue weighted by Gasteiger charge is 2.25. The van der Waals surface area contributed by atoms with Gasteiger partial charge in [-0.05, 0) is 57.1 Å². The summed E-state index contributed by atoms with van der Waals surface area (Å²) in [6.45, 7) is 12.6. The van der Waals surface area contributed by atoms with Crippen molar-refractivity contribution >= 4 is 51.3 Å². The molecule has 0 saturated carbocycles. The minimum Gasteiger partial charge on any atom is -0.462 e. The maximum atomic E-state index is 12.8. The number of anilines is 1. The SMILES string of the molecule is C=CCn1c(SCC(=O)Nc2sc(C)c(C)c2C(=O)OCC)nnc1-c1csc2c1CCC(C)C2. The Labute approximate surface area is 218 Å². The summed E-state index contributed by atoms with van der Waals surface area (Å²) in [5, 5.41) is 15.2. The van der Waals surface area contributed by atoms with Gasteiger partial charge < -0.3 is 10.1 Å². The molecular weight excluding hydrogens is 501 g/mol. The number of nitrogens with one attached hydrogen (secondary N) is 1. The molecule has 1 aliphatic rings. The van der Waals surface area contributed by atoms with Crippen LogP contribution in [0, 0.1) is 19.8 Å². The van der Waals surface area contributed by atoms with Crippen LogP contribution < -0.4 is 5.32 Å². The first kappa shape index (κ1) is 25.7.